The maximum absolute atomic E-state index is 12.9. The van der Waals surface area contributed by atoms with E-state index < -0.39 is 0 Å². The van der Waals surface area contributed by atoms with Crippen molar-refractivity contribution in [2.24, 2.45) is 0 Å². The topological polar surface area (TPSA) is 23.6 Å². The molecule has 0 aromatic heterocycles. The first-order chi connectivity index (χ1) is 10.3. The second-order valence-corrected chi connectivity index (χ2v) is 5.58. The molecule has 3 nitrogen and oxygen atoms in total. The van der Waals surface area contributed by atoms with Crippen LogP contribution in [-0.2, 0) is 0 Å². The summed E-state index contributed by atoms with van der Waals surface area (Å²) in [5.41, 5.74) is 1.72. The van der Waals surface area contributed by atoms with Gasteiger partial charge in [-0.25, -0.2) is 0 Å². The van der Waals surface area contributed by atoms with Crippen LogP contribution in [0.1, 0.15) is 16.8 Å². The predicted octanol–water partition coefficient (Wildman–Crippen LogP) is 3.04. The van der Waals surface area contributed by atoms with Gasteiger partial charge in [0.25, 0.3) is 5.91 Å². The molecule has 1 atom stereocenters. The Hall–Kier alpha value is -2.13. The maximum atomic E-state index is 12.9. The number of anilines is 1. The van der Waals surface area contributed by atoms with Crippen molar-refractivity contribution in [2.75, 3.05) is 25.0 Å². The van der Waals surface area contributed by atoms with Gasteiger partial charge in [0.1, 0.15) is 0 Å². The van der Waals surface area contributed by atoms with Gasteiger partial charge >= 0.3 is 0 Å². The Balaban J connectivity index is 1.95. The number of likely N-dealkylation sites (tertiary alicyclic amines) is 1. The second-order valence-electron chi connectivity index (χ2n) is 5.58. The molecule has 0 bridgehead atoms. The van der Waals surface area contributed by atoms with E-state index in [-0.39, 0.29) is 11.9 Å². The van der Waals surface area contributed by atoms with Crippen LogP contribution in [-0.4, -0.2) is 37.0 Å². The van der Waals surface area contributed by atoms with Crippen LogP contribution in [0, 0.1) is 0 Å². The standard InChI is InChI=1S/C18H20N2O/c1-19-13-12-17(14-19)20(16-10-6-3-7-11-16)18(21)15-8-4-2-5-9-15/h2-11,17H,12-14H2,1H3/t17-/m1/s1. The van der Waals surface area contributed by atoms with Gasteiger partial charge in [-0.1, -0.05) is 36.4 Å². The Morgan fingerprint density at radius 2 is 1.67 bits per heavy atom. The Morgan fingerprint density at radius 1 is 1.05 bits per heavy atom. The Morgan fingerprint density at radius 3 is 2.24 bits per heavy atom. The van der Waals surface area contributed by atoms with Gasteiger partial charge in [0.15, 0.2) is 0 Å². The largest absolute Gasteiger partial charge is 0.304 e. The highest BCUT2D eigenvalue weighted by atomic mass is 16.2. The van der Waals surface area contributed by atoms with Crippen molar-refractivity contribution < 1.29 is 4.79 Å². The van der Waals surface area contributed by atoms with Crippen LogP contribution >= 0.6 is 0 Å². The van der Waals surface area contributed by atoms with Gasteiger partial charge in [0, 0.05) is 17.8 Å². The van der Waals surface area contributed by atoms with Crippen LogP contribution in [0.2, 0.25) is 0 Å². The van der Waals surface area contributed by atoms with Crippen molar-refractivity contribution in [2.45, 2.75) is 12.5 Å². The number of rotatable bonds is 3. The highest BCUT2D eigenvalue weighted by Gasteiger charge is 2.30. The molecule has 3 heteroatoms. The normalized spacial score (nSPS) is 18.6. The average Bonchev–Trinajstić information content (AvgIpc) is 2.95. The van der Waals surface area contributed by atoms with Crippen LogP contribution in [0.5, 0.6) is 0 Å². The lowest BCUT2D eigenvalue weighted by Crippen LogP contribution is -2.42. The van der Waals surface area contributed by atoms with Crippen molar-refractivity contribution >= 4 is 11.6 Å². The number of hydrogen-bond donors (Lipinski definition) is 0. The molecule has 0 saturated carbocycles. The number of carbonyl (C=O) groups is 1. The summed E-state index contributed by atoms with van der Waals surface area (Å²) in [4.78, 5) is 17.2. The number of likely N-dealkylation sites (N-methyl/N-ethyl adjacent to an activating group) is 1. The summed E-state index contributed by atoms with van der Waals surface area (Å²) >= 11 is 0. The minimum Gasteiger partial charge on any atom is -0.304 e. The van der Waals surface area contributed by atoms with E-state index in [1.807, 2.05) is 65.6 Å². The summed E-state index contributed by atoms with van der Waals surface area (Å²) in [6.07, 6.45) is 1.02. The molecule has 1 amide bonds. The minimum atomic E-state index is 0.0853. The summed E-state index contributed by atoms with van der Waals surface area (Å²) in [6.45, 7) is 1.96. The minimum absolute atomic E-state index is 0.0853. The van der Waals surface area contributed by atoms with Crippen molar-refractivity contribution in [1.29, 1.82) is 0 Å². The van der Waals surface area contributed by atoms with Gasteiger partial charge in [-0.15, -0.1) is 0 Å². The van der Waals surface area contributed by atoms with Crippen LogP contribution < -0.4 is 4.90 Å². The second kappa shape index (κ2) is 6.10. The number of hydrogen-bond acceptors (Lipinski definition) is 2. The highest BCUT2D eigenvalue weighted by Crippen LogP contribution is 2.24. The van der Waals surface area contributed by atoms with Crippen molar-refractivity contribution in [3.8, 4) is 0 Å². The van der Waals surface area contributed by atoms with Crippen molar-refractivity contribution in [3.05, 3.63) is 66.2 Å². The van der Waals surface area contributed by atoms with E-state index in [4.69, 9.17) is 0 Å². The van der Waals surface area contributed by atoms with E-state index in [1.165, 1.54) is 0 Å². The first-order valence-corrected chi connectivity index (χ1v) is 7.38. The third kappa shape index (κ3) is 2.98. The Kier molecular flexibility index (Phi) is 4.02. The smallest absolute Gasteiger partial charge is 0.258 e. The van der Waals surface area contributed by atoms with Gasteiger partial charge < -0.3 is 9.80 Å². The van der Waals surface area contributed by atoms with Gasteiger partial charge in [-0.3, -0.25) is 4.79 Å². The lowest BCUT2D eigenvalue weighted by atomic mass is 10.1. The molecule has 0 unspecified atom stereocenters. The number of nitrogens with zero attached hydrogens (tertiary/aromatic N) is 2. The third-order valence-electron chi connectivity index (χ3n) is 4.01. The number of benzene rings is 2. The van der Waals surface area contributed by atoms with Crippen LogP contribution in [0.4, 0.5) is 5.69 Å². The molecule has 3 rings (SSSR count). The fraction of sp³-hybridized carbons (Fsp3) is 0.278. The van der Waals surface area contributed by atoms with E-state index in [1.54, 1.807) is 0 Å². The molecule has 2 aromatic carbocycles. The Bertz CT molecular complexity index is 597. The maximum Gasteiger partial charge on any atom is 0.258 e. The summed E-state index contributed by atoms with van der Waals surface area (Å²) < 4.78 is 0. The summed E-state index contributed by atoms with van der Waals surface area (Å²) in [5, 5.41) is 0. The fourth-order valence-corrected chi connectivity index (χ4v) is 2.92. The molecule has 21 heavy (non-hydrogen) atoms. The number of para-hydroxylation sites is 1. The SMILES string of the molecule is CN1CC[C@@H](N(C(=O)c2ccccc2)c2ccccc2)C1. The van der Waals surface area contributed by atoms with Crippen LogP contribution in [0.15, 0.2) is 60.7 Å². The lowest BCUT2D eigenvalue weighted by Gasteiger charge is -2.29. The lowest BCUT2D eigenvalue weighted by molar-refractivity contribution is 0.0977. The Labute approximate surface area is 125 Å². The number of carbonyl (C=O) groups excluding carboxylic acids is 1. The first kappa shape index (κ1) is 13.8. The zero-order valence-electron chi connectivity index (χ0n) is 12.3. The number of amides is 1. The molecular weight excluding hydrogens is 260 g/mol. The van der Waals surface area contributed by atoms with Gasteiger partial charge in [-0.05, 0) is 44.3 Å². The monoisotopic (exact) mass is 280 g/mol. The van der Waals surface area contributed by atoms with Gasteiger partial charge in [0.2, 0.25) is 0 Å². The molecule has 2 aromatic rings. The zero-order valence-corrected chi connectivity index (χ0v) is 12.3. The van der Waals surface area contributed by atoms with E-state index in [9.17, 15) is 4.79 Å². The molecule has 1 aliphatic heterocycles. The predicted molar refractivity (Wildman–Crippen MR) is 85.6 cm³/mol. The molecule has 0 radical (unpaired) electrons. The van der Waals surface area contributed by atoms with E-state index >= 15 is 0 Å². The summed E-state index contributed by atoms with van der Waals surface area (Å²) in [5.74, 6) is 0.0853. The van der Waals surface area contributed by atoms with Crippen molar-refractivity contribution in [1.82, 2.24) is 4.90 Å². The summed E-state index contributed by atoms with van der Waals surface area (Å²) in [7, 11) is 2.11. The van der Waals surface area contributed by atoms with Crippen LogP contribution in [0.3, 0.4) is 0 Å². The van der Waals surface area contributed by atoms with Crippen LogP contribution in [0.25, 0.3) is 0 Å². The fourth-order valence-electron chi connectivity index (χ4n) is 2.92. The molecule has 1 aliphatic rings. The van der Waals surface area contributed by atoms with Crippen molar-refractivity contribution in [3.63, 3.8) is 0 Å². The van der Waals surface area contributed by atoms with Gasteiger partial charge in [-0.2, -0.15) is 0 Å². The molecule has 0 aliphatic carbocycles. The van der Waals surface area contributed by atoms with E-state index in [0.29, 0.717) is 0 Å². The third-order valence-corrected chi connectivity index (χ3v) is 4.01. The molecule has 108 valence electrons. The molecule has 1 fully saturated rings. The van der Waals surface area contributed by atoms with E-state index in [0.717, 1.165) is 30.8 Å². The molecule has 1 saturated heterocycles. The summed E-state index contributed by atoms with van der Waals surface area (Å²) in [6, 6.07) is 19.8. The average molecular weight is 280 g/mol. The first-order valence-electron chi connectivity index (χ1n) is 7.38. The zero-order chi connectivity index (χ0) is 14.7. The molecule has 1 heterocycles. The highest BCUT2D eigenvalue weighted by molar-refractivity contribution is 6.06. The van der Waals surface area contributed by atoms with Gasteiger partial charge in [0.05, 0.1) is 6.04 Å². The van der Waals surface area contributed by atoms with E-state index in [2.05, 4.69) is 11.9 Å². The molecule has 0 spiro atoms. The quantitative estimate of drug-likeness (QED) is 0.863. The molecule has 0 N–H and O–H groups in total. The molecular formula is C18H20N2O.